The van der Waals surface area contributed by atoms with Crippen LogP contribution in [-0.2, 0) is 6.54 Å². The number of hydrogen-bond donors (Lipinski definition) is 0. The van der Waals surface area contributed by atoms with Crippen LogP contribution in [0, 0.1) is 12.8 Å². The normalized spacial score (nSPS) is 17.6. The van der Waals surface area contributed by atoms with Crippen LogP contribution in [0.25, 0.3) is 11.2 Å². The number of imidazole rings is 1. The molecule has 1 fully saturated rings. The Kier molecular flexibility index (Phi) is 2.58. The zero-order valence-corrected chi connectivity index (χ0v) is 10.9. The van der Waals surface area contributed by atoms with E-state index in [4.69, 9.17) is 11.6 Å². The summed E-state index contributed by atoms with van der Waals surface area (Å²) in [5, 5.41) is -0.0664. The van der Waals surface area contributed by atoms with E-state index in [1.54, 1.807) is 0 Å². The first kappa shape index (κ1) is 11.0. The van der Waals surface area contributed by atoms with E-state index in [2.05, 4.69) is 14.5 Å². The van der Waals surface area contributed by atoms with E-state index < -0.39 is 0 Å². The van der Waals surface area contributed by atoms with E-state index >= 15 is 0 Å². The SMILES string of the molecule is Cc1ccc2nc(C(C)Cl)n(CC3CC3)c2n1. The van der Waals surface area contributed by atoms with Crippen LogP contribution in [0.15, 0.2) is 12.1 Å². The Morgan fingerprint density at radius 3 is 2.82 bits per heavy atom. The Hall–Kier alpha value is -1.09. The molecule has 3 rings (SSSR count). The van der Waals surface area contributed by atoms with Crippen molar-refractivity contribution in [2.75, 3.05) is 0 Å². The van der Waals surface area contributed by atoms with E-state index in [1.165, 1.54) is 12.8 Å². The molecule has 2 heterocycles. The highest BCUT2D eigenvalue weighted by Gasteiger charge is 2.25. The zero-order valence-electron chi connectivity index (χ0n) is 10.2. The molecule has 0 aromatic carbocycles. The maximum atomic E-state index is 6.21. The van der Waals surface area contributed by atoms with Gasteiger partial charge < -0.3 is 4.57 Å². The number of nitrogens with zero attached hydrogens (tertiary/aromatic N) is 3. The van der Waals surface area contributed by atoms with Crippen LogP contribution in [0.4, 0.5) is 0 Å². The molecule has 2 aromatic heterocycles. The molecule has 17 heavy (non-hydrogen) atoms. The fourth-order valence-corrected chi connectivity index (χ4v) is 2.32. The van der Waals surface area contributed by atoms with Gasteiger partial charge in [-0.05, 0) is 44.7 Å². The highest BCUT2D eigenvalue weighted by Crippen LogP contribution is 2.33. The monoisotopic (exact) mass is 249 g/mol. The highest BCUT2D eigenvalue weighted by atomic mass is 35.5. The quantitative estimate of drug-likeness (QED) is 0.780. The summed E-state index contributed by atoms with van der Waals surface area (Å²) in [5.74, 6) is 1.75. The second-order valence-electron chi connectivity index (χ2n) is 4.94. The molecule has 0 radical (unpaired) electrons. The van der Waals surface area contributed by atoms with Gasteiger partial charge in [0, 0.05) is 12.2 Å². The number of fused-ring (bicyclic) bond motifs is 1. The summed E-state index contributed by atoms with van der Waals surface area (Å²) in [6.45, 7) is 5.00. The lowest BCUT2D eigenvalue weighted by molar-refractivity contribution is 0.606. The van der Waals surface area contributed by atoms with E-state index in [0.29, 0.717) is 0 Å². The molecular formula is C13H16ClN3. The number of hydrogen-bond acceptors (Lipinski definition) is 2. The molecule has 0 saturated heterocycles. The van der Waals surface area contributed by atoms with E-state index in [0.717, 1.165) is 35.1 Å². The first-order valence-electron chi connectivity index (χ1n) is 6.13. The Balaban J connectivity index is 2.16. The van der Waals surface area contributed by atoms with E-state index in [-0.39, 0.29) is 5.38 Å². The molecule has 1 aliphatic rings. The Morgan fingerprint density at radius 1 is 1.41 bits per heavy atom. The molecule has 0 spiro atoms. The summed E-state index contributed by atoms with van der Waals surface area (Å²) < 4.78 is 2.21. The molecule has 4 heteroatoms. The summed E-state index contributed by atoms with van der Waals surface area (Å²) in [6, 6.07) is 4.03. The van der Waals surface area contributed by atoms with Crippen molar-refractivity contribution in [3.8, 4) is 0 Å². The van der Waals surface area contributed by atoms with Crippen molar-refractivity contribution in [2.45, 2.75) is 38.6 Å². The van der Waals surface area contributed by atoms with E-state index in [1.807, 2.05) is 26.0 Å². The average Bonchev–Trinajstić information content (AvgIpc) is 3.01. The van der Waals surface area contributed by atoms with Crippen LogP contribution in [0.2, 0.25) is 0 Å². The van der Waals surface area contributed by atoms with Crippen LogP contribution in [0.5, 0.6) is 0 Å². The maximum absolute atomic E-state index is 6.21. The summed E-state index contributed by atoms with van der Waals surface area (Å²) in [5.41, 5.74) is 2.97. The van der Waals surface area contributed by atoms with Gasteiger partial charge in [-0.1, -0.05) is 0 Å². The number of aromatic nitrogens is 3. The number of rotatable bonds is 3. The van der Waals surface area contributed by atoms with Crippen molar-refractivity contribution in [1.82, 2.24) is 14.5 Å². The zero-order chi connectivity index (χ0) is 12.0. The van der Waals surface area contributed by atoms with Crippen molar-refractivity contribution in [2.24, 2.45) is 5.92 Å². The van der Waals surface area contributed by atoms with Gasteiger partial charge >= 0.3 is 0 Å². The Bertz CT molecular complexity index is 555. The second kappa shape index (κ2) is 3.98. The third kappa shape index (κ3) is 2.04. The van der Waals surface area contributed by atoms with Crippen molar-refractivity contribution in [3.05, 3.63) is 23.7 Å². The average molecular weight is 250 g/mol. The highest BCUT2D eigenvalue weighted by molar-refractivity contribution is 6.20. The van der Waals surface area contributed by atoms with Gasteiger partial charge in [0.1, 0.15) is 11.3 Å². The predicted octanol–water partition coefficient (Wildman–Crippen LogP) is 3.45. The number of halogens is 1. The van der Waals surface area contributed by atoms with Gasteiger partial charge in [-0.15, -0.1) is 11.6 Å². The lowest BCUT2D eigenvalue weighted by Crippen LogP contribution is -2.06. The molecule has 0 N–H and O–H groups in total. The minimum Gasteiger partial charge on any atom is -0.311 e. The van der Waals surface area contributed by atoms with Gasteiger partial charge in [0.15, 0.2) is 5.65 Å². The molecule has 3 nitrogen and oxygen atoms in total. The van der Waals surface area contributed by atoms with Crippen LogP contribution in [0.1, 0.15) is 36.7 Å². The smallest absolute Gasteiger partial charge is 0.160 e. The molecule has 1 aliphatic carbocycles. The fraction of sp³-hybridized carbons (Fsp3) is 0.538. The second-order valence-corrected chi connectivity index (χ2v) is 5.59. The van der Waals surface area contributed by atoms with E-state index in [9.17, 15) is 0 Å². The third-order valence-electron chi connectivity index (χ3n) is 3.25. The molecule has 2 aromatic rings. The molecular weight excluding hydrogens is 234 g/mol. The molecule has 1 saturated carbocycles. The number of aryl methyl sites for hydroxylation is 1. The van der Waals surface area contributed by atoms with Gasteiger partial charge in [-0.2, -0.15) is 0 Å². The van der Waals surface area contributed by atoms with Gasteiger partial charge in [0.05, 0.1) is 5.38 Å². The first-order chi connectivity index (χ1) is 8.15. The summed E-state index contributed by atoms with van der Waals surface area (Å²) in [6.07, 6.45) is 2.64. The van der Waals surface area contributed by atoms with Crippen LogP contribution >= 0.6 is 11.6 Å². The largest absolute Gasteiger partial charge is 0.311 e. The lowest BCUT2D eigenvalue weighted by atomic mass is 10.3. The van der Waals surface area contributed by atoms with Gasteiger partial charge in [-0.25, -0.2) is 9.97 Å². The predicted molar refractivity (Wildman–Crippen MR) is 69.3 cm³/mol. The first-order valence-corrected chi connectivity index (χ1v) is 6.56. The molecule has 1 atom stereocenters. The van der Waals surface area contributed by atoms with Crippen LogP contribution in [-0.4, -0.2) is 14.5 Å². The van der Waals surface area contributed by atoms with Crippen LogP contribution in [0.3, 0.4) is 0 Å². The molecule has 90 valence electrons. The lowest BCUT2D eigenvalue weighted by Gasteiger charge is -2.08. The summed E-state index contributed by atoms with van der Waals surface area (Å²) in [4.78, 5) is 9.20. The van der Waals surface area contributed by atoms with Crippen molar-refractivity contribution < 1.29 is 0 Å². The summed E-state index contributed by atoms with van der Waals surface area (Å²) in [7, 11) is 0. The summed E-state index contributed by atoms with van der Waals surface area (Å²) >= 11 is 6.21. The van der Waals surface area contributed by atoms with Crippen molar-refractivity contribution in [3.63, 3.8) is 0 Å². The Morgan fingerprint density at radius 2 is 2.18 bits per heavy atom. The van der Waals surface area contributed by atoms with Gasteiger partial charge in [0.2, 0.25) is 0 Å². The molecule has 0 aliphatic heterocycles. The minimum absolute atomic E-state index is 0.0664. The molecule has 0 amide bonds. The van der Waals surface area contributed by atoms with Crippen LogP contribution < -0.4 is 0 Å². The minimum atomic E-state index is -0.0664. The fourth-order valence-electron chi connectivity index (χ4n) is 2.16. The standard InChI is InChI=1S/C13H16ClN3/c1-8-3-6-11-13(15-8)17(7-10-4-5-10)12(16-11)9(2)14/h3,6,9-10H,4-5,7H2,1-2H3. The van der Waals surface area contributed by atoms with Crippen molar-refractivity contribution >= 4 is 22.8 Å². The van der Waals surface area contributed by atoms with Gasteiger partial charge in [-0.3, -0.25) is 0 Å². The Labute approximate surface area is 106 Å². The van der Waals surface area contributed by atoms with Crippen molar-refractivity contribution in [1.29, 1.82) is 0 Å². The molecule has 0 bridgehead atoms. The molecule has 1 unspecified atom stereocenters. The topological polar surface area (TPSA) is 30.7 Å². The third-order valence-corrected chi connectivity index (χ3v) is 3.45. The maximum Gasteiger partial charge on any atom is 0.160 e. The number of alkyl halides is 1. The van der Waals surface area contributed by atoms with Gasteiger partial charge in [0.25, 0.3) is 0 Å². The number of pyridine rings is 1.